The summed E-state index contributed by atoms with van der Waals surface area (Å²) >= 11 is 6.20. The molecule has 1 aromatic carbocycles. The lowest BCUT2D eigenvalue weighted by Crippen LogP contribution is -1.88. The van der Waals surface area contributed by atoms with Crippen molar-refractivity contribution < 1.29 is 4.74 Å². The van der Waals surface area contributed by atoms with Crippen LogP contribution in [0.1, 0.15) is 12.5 Å². The number of benzene rings is 1. The summed E-state index contributed by atoms with van der Waals surface area (Å²) in [5, 5.41) is 3.41. The predicted molar refractivity (Wildman–Crippen MR) is 65.0 cm³/mol. The summed E-state index contributed by atoms with van der Waals surface area (Å²) in [7, 11) is 1.69. The lowest BCUT2D eigenvalue weighted by atomic mass is 10.1. The van der Waals surface area contributed by atoms with Gasteiger partial charge in [0.15, 0.2) is 0 Å². The zero-order chi connectivity index (χ0) is 10.1. The Morgan fingerprint density at radius 2 is 2.29 bits per heavy atom. The Labute approximate surface area is 93.1 Å². The zero-order valence-electron chi connectivity index (χ0n) is 8.20. The smallest absolute Gasteiger partial charge is 0.133 e. The van der Waals surface area contributed by atoms with Crippen LogP contribution in [0.4, 0.5) is 0 Å². The molecule has 3 heteroatoms. The van der Waals surface area contributed by atoms with E-state index in [1.54, 1.807) is 18.4 Å². The highest BCUT2D eigenvalue weighted by Gasteiger charge is 2.09. The Morgan fingerprint density at radius 3 is 2.93 bits per heavy atom. The molecule has 1 aromatic heterocycles. The summed E-state index contributed by atoms with van der Waals surface area (Å²) in [5.74, 6) is 0.875. The highest BCUT2D eigenvalue weighted by Crippen LogP contribution is 2.37. The quantitative estimate of drug-likeness (QED) is 0.764. The first-order valence-corrected chi connectivity index (χ1v) is 5.86. The van der Waals surface area contributed by atoms with Crippen LogP contribution in [0.5, 0.6) is 5.75 Å². The van der Waals surface area contributed by atoms with E-state index in [0.717, 1.165) is 17.1 Å². The number of hydrogen-bond acceptors (Lipinski definition) is 3. The minimum absolute atomic E-state index is 0.875. The molecule has 2 aromatic rings. The van der Waals surface area contributed by atoms with E-state index in [0.29, 0.717) is 0 Å². The predicted octanol–water partition coefficient (Wildman–Crippen LogP) is 3.76. The van der Waals surface area contributed by atoms with Gasteiger partial charge in [0, 0.05) is 0 Å². The molecule has 0 atom stereocenters. The van der Waals surface area contributed by atoms with Crippen LogP contribution in [0.2, 0.25) is 0 Å². The van der Waals surface area contributed by atoms with Gasteiger partial charge >= 0.3 is 0 Å². The minimum atomic E-state index is 0.875. The molecule has 0 N–H and O–H groups in total. The molecule has 0 fully saturated rings. The van der Waals surface area contributed by atoms with Crippen molar-refractivity contribution in [1.82, 2.24) is 0 Å². The Morgan fingerprint density at radius 1 is 1.50 bits per heavy atom. The monoisotopic (exact) mass is 224 g/mol. The second-order valence-corrected chi connectivity index (χ2v) is 4.47. The Balaban J connectivity index is 2.80. The zero-order valence-corrected chi connectivity index (χ0v) is 9.91. The summed E-state index contributed by atoms with van der Waals surface area (Å²) in [6, 6.07) is 4.23. The van der Waals surface area contributed by atoms with Gasteiger partial charge < -0.3 is 4.74 Å². The van der Waals surface area contributed by atoms with E-state index in [9.17, 15) is 0 Å². The van der Waals surface area contributed by atoms with Crippen molar-refractivity contribution in [2.45, 2.75) is 18.2 Å². The van der Waals surface area contributed by atoms with Gasteiger partial charge in [0.25, 0.3) is 0 Å². The number of thiophene rings is 1. The topological polar surface area (TPSA) is 9.23 Å². The van der Waals surface area contributed by atoms with E-state index in [1.807, 2.05) is 0 Å². The van der Waals surface area contributed by atoms with Gasteiger partial charge in [-0.1, -0.05) is 6.92 Å². The molecular formula is C11H12OS2. The second-order valence-electron chi connectivity index (χ2n) is 3.10. The van der Waals surface area contributed by atoms with Crippen molar-refractivity contribution >= 4 is 34.1 Å². The molecule has 1 heterocycles. The van der Waals surface area contributed by atoms with Crippen LogP contribution >= 0.6 is 24.0 Å². The third-order valence-electron chi connectivity index (χ3n) is 2.37. The Bertz CT molecular complexity index is 460. The normalized spacial score (nSPS) is 10.8. The number of thiol groups is 1. The van der Waals surface area contributed by atoms with Crippen LogP contribution in [0, 0.1) is 0 Å². The number of fused-ring (bicyclic) bond motifs is 1. The molecule has 0 bridgehead atoms. The van der Waals surface area contributed by atoms with E-state index >= 15 is 0 Å². The van der Waals surface area contributed by atoms with E-state index in [-0.39, 0.29) is 0 Å². The van der Waals surface area contributed by atoms with Crippen molar-refractivity contribution in [3.63, 3.8) is 0 Å². The highest BCUT2D eigenvalue weighted by atomic mass is 32.1. The number of hydrogen-bond donors (Lipinski definition) is 1. The van der Waals surface area contributed by atoms with Crippen molar-refractivity contribution in [3.8, 4) is 5.75 Å². The summed E-state index contributed by atoms with van der Waals surface area (Å²) in [5.41, 5.74) is 1.33. The molecule has 0 amide bonds. The molecule has 1 nitrogen and oxygen atoms in total. The van der Waals surface area contributed by atoms with E-state index < -0.39 is 0 Å². The first-order chi connectivity index (χ1) is 6.77. The van der Waals surface area contributed by atoms with Gasteiger partial charge in [-0.3, -0.25) is 0 Å². The van der Waals surface area contributed by atoms with Crippen LogP contribution in [-0.2, 0) is 6.42 Å². The van der Waals surface area contributed by atoms with Crippen LogP contribution in [-0.4, -0.2) is 7.11 Å². The van der Waals surface area contributed by atoms with Gasteiger partial charge in [-0.15, -0.1) is 24.0 Å². The molecule has 0 aliphatic rings. The van der Waals surface area contributed by atoms with E-state index in [2.05, 4.69) is 37.1 Å². The summed E-state index contributed by atoms with van der Waals surface area (Å²) in [6.07, 6.45) is 1.03. The van der Waals surface area contributed by atoms with E-state index in [4.69, 9.17) is 4.74 Å². The van der Waals surface area contributed by atoms with Gasteiger partial charge in [-0.25, -0.2) is 0 Å². The van der Waals surface area contributed by atoms with Crippen LogP contribution < -0.4 is 4.74 Å². The molecular weight excluding hydrogens is 212 g/mol. The van der Waals surface area contributed by atoms with Crippen molar-refractivity contribution in [3.05, 3.63) is 23.1 Å². The molecule has 0 saturated heterocycles. The maximum absolute atomic E-state index is 5.30. The van der Waals surface area contributed by atoms with Crippen molar-refractivity contribution in [2.75, 3.05) is 7.11 Å². The minimum Gasteiger partial charge on any atom is -0.496 e. The van der Waals surface area contributed by atoms with Gasteiger partial charge in [-0.2, -0.15) is 0 Å². The third kappa shape index (κ3) is 1.41. The summed E-state index contributed by atoms with van der Waals surface area (Å²) in [6.45, 7) is 2.16. The fourth-order valence-electron chi connectivity index (χ4n) is 1.61. The van der Waals surface area contributed by atoms with Gasteiger partial charge in [0.2, 0.25) is 0 Å². The first kappa shape index (κ1) is 9.87. The second kappa shape index (κ2) is 3.83. The van der Waals surface area contributed by atoms with Crippen LogP contribution in [0.3, 0.4) is 0 Å². The molecule has 0 radical (unpaired) electrons. The average Bonchev–Trinajstić information content (AvgIpc) is 2.68. The molecule has 0 unspecified atom stereocenters. The Kier molecular flexibility index (Phi) is 2.70. The number of ether oxygens (including phenoxy) is 1. The van der Waals surface area contributed by atoms with Crippen molar-refractivity contribution in [1.29, 1.82) is 0 Å². The summed E-state index contributed by atoms with van der Waals surface area (Å²) < 4.78 is 6.52. The molecule has 2 rings (SSSR count). The maximum Gasteiger partial charge on any atom is 0.133 e. The Hall–Kier alpha value is -0.670. The lowest BCUT2D eigenvalue weighted by Gasteiger charge is -2.08. The molecule has 0 saturated carbocycles. The molecule has 14 heavy (non-hydrogen) atoms. The fraction of sp³-hybridized carbons (Fsp3) is 0.273. The van der Waals surface area contributed by atoms with Gasteiger partial charge in [0.05, 0.1) is 16.7 Å². The van der Waals surface area contributed by atoms with Gasteiger partial charge in [0.1, 0.15) is 5.75 Å². The SMILES string of the molecule is CCc1cc(OC)c(S)c2sccc12. The molecule has 0 aliphatic heterocycles. The molecule has 74 valence electrons. The third-order valence-corrected chi connectivity index (χ3v) is 3.89. The molecule has 0 aliphatic carbocycles. The number of rotatable bonds is 2. The molecule has 0 spiro atoms. The number of methoxy groups -OCH3 is 1. The standard InChI is InChI=1S/C11H12OS2/c1-3-7-6-9(12-2)10(13)11-8(7)4-5-14-11/h4-6,13H,3H2,1-2H3. The van der Waals surface area contributed by atoms with Crippen LogP contribution in [0.15, 0.2) is 22.4 Å². The maximum atomic E-state index is 5.30. The highest BCUT2D eigenvalue weighted by molar-refractivity contribution is 7.81. The first-order valence-electron chi connectivity index (χ1n) is 4.54. The van der Waals surface area contributed by atoms with Crippen molar-refractivity contribution in [2.24, 2.45) is 0 Å². The average molecular weight is 224 g/mol. The lowest BCUT2D eigenvalue weighted by molar-refractivity contribution is 0.406. The van der Waals surface area contributed by atoms with Crippen LogP contribution in [0.25, 0.3) is 10.1 Å². The fourth-order valence-corrected chi connectivity index (χ4v) is 2.92. The van der Waals surface area contributed by atoms with E-state index in [1.165, 1.54) is 15.6 Å². The largest absolute Gasteiger partial charge is 0.496 e. The summed E-state index contributed by atoms with van der Waals surface area (Å²) in [4.78, 5) is 0.953. The van der Waals surface area contributed by atoms with Gasteiger partial charge in [-0.05, 0) is 34.9 Å². The number of aryl methyl sites for hydroxylation is 1.